The maximum absolute atomic E-state index is 12.4. The van der Waals surface area contributed by atoms with E-state index in [0.717, 1.165) is 64.2 Å². The molecule has 0 bridgehead atoms. The van der Waals surface area contributed by atoms with Gasteiger partial charge in [0.15, 0.2) is 6.10 Å². The van der Waals surface area contributed by atoms with Crippen molar-refractivity contribution < 1.29 is 28.6 Å². The van der Waals surface area contributed by atoms with Gasteiger partial charge in [-0.15, -0.1) is 0 Å². The molecule has 0 radical (unpaired) electrons. The van der Waals surface area contributed by atoms with Crippen molar-refractivity contribution in [3.05, 3.63) is 0 Å². The zero-order chi connectivity index (χ0) is 32.4. The highest BCUT2D eigenvalue weighted by molar-refractivity contribution is 5.71. The van der Waals surface area contributed by atoms with Crippen molar-refractivity contribution in [2.75, 3.05) is 13.2 Å². The summed E-state index contributed by atoms with van der Waals surface area (Å²) in [4.78, 5) is 37.1. The molecule has 1 atom stereocenters. The van der Waals surface area contributed by atoms with Gasteiger partial charge in [0.2, 0.25) is 0 Å². The lowest BCUT2D eigenvalue weighted by Gasteiger charge is -2.18. The Kier molecular flexibility index (Phi) is 33.0. The summed E-state index contributed by atoms with van der Waals surface area (Å²) in [6.45, 7) is 6.52. The molecule has 0 saturated carbocycles. The molecule has 0 aromatic carbocycles. The minimum atomic E-state index is -0.754. The zero-order valence-corrected chi connectivity index (χ0v) is 29.4. The summed E-state index contributed by atoms with van der Waals surface area (Å²) in [6, 6.07) is 0. The third-order valence-electron chi connectivity index (χ3n) is 8.36. The average molecular weight is 625 g/mol. The van der Waals surface area contributed by atoms with Crippen LogP contribution in [-0.2, 0) is 28.6 Å². The van der Waals surface area contributed by atoms with E-state index in [1.54, 1.807) is 0 Å². The lowest BCUT2D eigenvalue weighted by Crippen LogP contribution is -2.30. The van der Waals surface area contributed by atoms with Crippen LogP contribution in [-0.4, -0.2) is 37.2 Å². The van der Waals surface area contributed by atoms with E-state index in [1.807, 2.05) is 0 Å². The number of rotatable bonds is 34. The molecule has 0 aromatic rings. The van der Waals surface area contributed by atoms with E-state index in [1.165, 1.54) is 103 Å². The van der Waals surface area contributed by atoms with Crippen LogP contribution in [0, 0.1) is 0 Å². The summed E-state index contributed by atoms with van der Waals surface area (Å²) >= 11 is 0. The third kappa shape index (κ3) is 31.8. The molecule has 0 aliphatic carbocycles. The van der Waals surface area contributed by atoms with Crippen molar-refractivity contribution in [3.63, 3.8) is 0 Å². The molecule has 0 fully saturated rings. The molecule has 6 heteroatoms. The third-order valence-corrected chi connectivity index (χ3v) is 8.36. The van der Waals surface area contributed by atoms with Crippen LogP contribution < -0.4 is 0 Å². The Labute approximate surface area is 272 Å². The standard InChI is InChI=1S/C38H72O6/c1-4-7-10-13-15-17-19-21-23-26-28-31-37(40)43-34-35(44-38(41)32-29-24-12-9-6-3)33-42-36(39)30-27-25-22-20-18-16-14-11-8-5-2/h35H,4-34H2,1-3H3/t35-/m1/s1. The average Bonchev–Trinajstić information content (AvgIpc) is 3.02. The second kappa shape index (κ2) is 34.3. The van der Waals surface area contributed by atoms with Gasteiger partial charge in [0.1, 0.15) is 13.2 Å². The van der Waals surface area contributed by atoms with E-state index in [4.69, 9.17) is 14.2 Å². The lowest BCUT2D eigenvalue weighted by atomic mass is 10.1. The summed E-state index contributed by atoms with van der Waals surface area (Å²) in [5.74, 6) is -0.880. The van der Waals surface area contributed by atoms with Crippen molar-refractivity contribution in [2.45, 2.75) is 213 Å². The number of hydrogen-bond donors (Lipinski definition) is 0. The number of hydrogen-bond acceptors (Lipinski definition) is 6. The molecule has 0 unspecified atom stereocenters. The number of esters is 3. The predicted molar refractivity (Wildman–Crippen MR) is 183 cm³/mol. The van der Waals surface area contributed by atoms with Gasteiger partial charge < -0.3 is 14.2 Å². The van der Waals surface area contributed by atoms with E-state index in [9.17, 15) is 14.4 Å². The van der Waals surface area contributed by atoms with Gasteiger partial charge in [-0.2, -0.15) is 0 Å². The highest BCUT2D eigenvalue weighted by Crippen LogP contribution is 2.14. The Morgan fingerprint density at radius 1 is 0.364 bits per heavy atom. The van der Waals surface area contributed by atoms with Crippen LogP contribution in [0.2, 0.25) is 0 Å². The molecule has 6 nitrogen and oxygen atoms in total. The van der Waals surface area contributed by atoms with E-state index >= 15 is 0 Å². The van der Waals surface area contributed by atoms with Crippen LogP contribution >= 0.6 is 0 Å². The fourth-order valence-corrected chi connectivity index (χ4v) is 5.44. The molecule has 44 heavy (non-hydrogen) atoms. The zero-order valence-electron chi connectivity index (χ0n) is 29.4. The molecular formula is C38H72O6. The van der Waals surface area contributed by atoms with Crippen LogP contribution in [0.15, 0.2) is 0 Å². The molecule has 0 saturated heterocycles. The molecule has 0 aliphatic heterocycles. The van der Waals surface area contributed by atoms with E-state index < -0.39 is 6.10 Å². The summed E-state index contributed by atoms with van der Waals surface area (Å²) in [7, 11) is 0. The minimum Gasteiger partial charge on any atom is -0.462 e. The van der Waals surface area contributed by atoms with Crippen LogP contribution in [0.5, 0.6) is 0 Å². The first-order valence-electron chi connectivity index (χ1n) is 19.0. The number of carbonyl (C=O) groups excluding carboxylic acids is 3. The Hall–Kier alpha value is -1.59. The number of unbranched alkanes of at least 4 members (excludes halogenated alkanes) is 23. The van der Waals surface area contributed by atoms with Gasteiger partial charge in [0.05, 0.1) is 0 Å². The van der Waals surface area contributed by atoms with E-state index in [0.29, 0.717) is 19.3 Å². The minimum absolute atomic E-state index is 0.0655. The van der Waals surface area contributed by atoms with Gasteiger partial charge in [-0.3, -0.25) is 14.4 Å². The molecule has 0 spiro atoms. The van der Waals surface area contributed by atoms with E-state index in [-0.39, 0.29) is 31.1 Å². The number of carbonyl (C=O) groups is 3. The van der Waals surface area contributed by atoms with Gasteiger partial charge in [-0.1, -0.05) is 168 Å². The summed E-state index contributed by atoms with van der Waals surface area (Å²) in [5.41, 5.74) is 0. The molecule has 260 valence electrons. The quantitative estimate of drug-likeness (QED) is 0.0402. The summed E-state index contributed by atoms with van der Waals surface area (Å²) in [5, 5.41) is 0. The highest BCUT2D eigenvalue weighted by atomic mass is 16.6. The highest BCUT2D eigenvalue weighted by Gasteiger charge is 2.19. The van der Waals surface area contributed by atoms with Crippen LogP contribution in [0.1, 0.15) is 207 Å². The van der Waals surface area contributed by atoms with Gasteiger partial charge in [0, 0.05) is 19.3 Å². The molecule has 0 N–H and O–H groups in total. The molecule has 0 aromatic heterocycles. The smallest absolute Gasteiger partial charge is 0.306 e. The van der Waals surface area contributed by atoms with Crippen molar-refractivity contribution in [3.8, 4) is 0 Å². The fraction of sp³-hybridized carbons (Fsp3) is 0.921. The molecule has 0 heterocycles. The second-order valence-electron chi connectivity index (χ2n) is 12.9. The largest absolute Gasteiger partial charge is 0.462 e. The van der Waals surface area contributed by atoms with Crippen LogP contribution in [0.4, 0.5) is 0 Å². The Bertz CT molecular complexity index is 649. The SMILES string of the molecule is CCCCCCCCCCCCCC(=O)OC[C@@H](COC(=O)CCCCCCCCCCCC)OC(=O)CCCCCCC. The molecule has 0 aliphatic rings. The van der Waals surface area contributed by atoms with Gasteiger partial charge in [-0.25, -0.2) is 0 Å². The van der Waals surface area contributed by atoms with E-state index in [2.05, 4.69) is 20.8 Å². The maximum Gasteiger partial charge on any atom is 0.306 e. The monoisotopic (exact) mass is 625 g/mol. The predicted octanol–water partition coefficient (Wildman–Crippen LogP) is 11.4. The molecule has 0 amide bonds. The van der Waals surface area contributed by atoms with Crippen molar-refractivity contribution in [1.29, 1.82) is 0 Å². The van der Waals surface area contributed by atoms with Gasteiger partial charge in [0.25, 0.3) is 0 Å². The van der Waals surface area contributed by atoms with Crippen molar-refractivity contribution >= 4 is 17.9 Å². The molecule has 0 rings (SSSR count). The maximum atomic E-state index is 12.4. The first kappa shape index (κ1) is 42.4. The normalized spacial score (nSPS) is 11.8. The summed E-state index contributed by atoms with van der Waals surface area (Å²) in [6.07, 6.45) is 31.1. The number of ether oxygens (including phenoxy) is 3. The topological polar surface area (TPSA) is 78.9 Å². The Morgan fingerprint density at radius 2 is 0.614 bits per heavy atom. The van der Waals surface area contributed by atoms with Gasteiger partial charge >= 0.3 is 17.9 Å². The van der Waals surface area contributed by atoms with Gasteiger partial charge in [-0.05, 0) is 19.3 Å². The van der Waals surface area contributed by atoms with Crippen LogP contribution in [0.25, 0.3) is 0 Å². The Morgan fingerprint density at radius 3 is 0.909 bits per heavy atom. The first-order chi connectivity index (χ1) is 21.5. The summed E-state index contributed by atoms with van der Waals surface area (Å²) < 4.78 is 16.5. The van der Waals surface area contributed by atoms with Crippen molar-refractivity contribution in [1.82, 2.24) is 0 Å². The fourth-order valence-electron chi connectivity index (χ4n) is 5.44. The van der Waals surface area contributed by atoms with Crippen molar-refractivity contribution in [2.24, 2.45) is 0 Å². The Balaban J connectivity index is 4.23. The van der Waals surface area contributed by atoms with Crippen LogP contribution in [0.3, 0.4) is 0 Å². The first-order valence-corrected chi connectivity index (χ1v) is 19.0. The molecular weight excluding hydrogens is 552 g/mol. The second-order valence-corrected chi connectivity index (χ2v) is 12.9. The lowest BCUT2D eigenvalue weighted by molar-refractivity contribution is -0.167.